The number of methoxy groups -OCH3 is 1. The summed E-state index contributed by atoms with van der Waals surface area (Å²) in [4.78, 5) is 13.0. The summed E-state index contributed by atoms with van der Waals surface area (Å²) in [7, 11) is 1.54. The quantitative estimate of drug-likeness (QED) is 0.663. The predicted molar refractivity (Wildman–Crippen MR) is 113 cm³/mol. The molecule has 1 aromatic carbocycles. The highest BCUT2D eigenvalue weighted by atomic mass is 19.3. The van der Waals surface area contributed by atoms with Crippen LogP contribution in [0.15, 0.2) is 49.6 Å². The lowest BCUT2D eigenvalue weighted by atomic mass is 9.82. The summed E-state index contributed by atoms with van der Waals surface area (Å²) in [6.45, 7) is 4.14. The molecule has 4 atom stereocenters. The Morgan fingerprint density at radius 1 is 1.23 bits per heavy atom. The van der Waals surface area contributed by atoms with Crippen LogP contribution in [0.5, 0.6) is 5.75 Å². The molecule has 0 spiro atoms. The number of ether oxygens (including phenoxy) is 1. The number of rotatable bonds is 4. The lowest BCUT2D eigenvalue weighted by Crippen LogP contribution is -2.51. The molecule has 2 N–H and O–H groups in total. The highest BCUT2D eigenvalue weighted by molar-refractivity contribution is 5.89. The van der Waals surface area contributed by atoms with E-state index in [1.807, 2.05) is 12.1 Å². The Balaban J connectivity index is 1.43. The minimum absolute atomic E-state index is 0.0815. The van der Waals surface area contributed by atoms with E-state index in [1.54, 1.807) is 30.9 Å². The number of aromatic nitrogens is 3. The van der Waals surface area contributed by atoms with Crippen molar-refractivity contribution in [1.82, 2.24) is 20.3 Å². The SMILES string of the molecule is C=C(c1cnc(-c2cc3ccncc3cc2O)cn1)[C@H]1CC2NC(CC2(F)F)[C@@H]1OC. The van der Waals surface area contributed by atoms with E-state index in [0.717, 1.165) is 10.8 Å². The van der Waals surface area contributed by atoms with Gasteiger partial charge in [0, 0.05) is 48.8 Å². The molecule has 8 heteroatoms. The second kappa shape index (κ2) is 7.32. The Morgan fingerprint density at radius 2 is 2.06 bits per heavy atom. The number of nitrogens with zero attached hydrogens (tertiary/aromatic N) is 3. The van der Waals surface area contributed by atoms with Crippen LogP contribution in [0.2, 0.25) is 0 Å². The van der Waals surface area contributed by atoms with Gasteiger partial charge in [-0.3, -0.25) is 15.0 Å². The van der Waals surface area contributed by atoms with E-state index in [4.69, 9.17) is 4.74 Å². The Kier molecular flexibility index (Phi) is 4.71. The number of phenols is 1. The summed E-state index contributed by atoms with van der Waals surface area (Å²) in [6.07, 6.45) is 6.09. The average molecular weight is 424 g/mol. The average Bonchev–Trinajstić information content (AvgIpc) is 3.01. The van der Waals surface area contributed by atoms with E-state index in [9.17, 15) is 13.9 Å². The van der Waals surface area contributed by atoms with Gasteiger partial charge in [-0.1, -0.05) is 6.58 Å². The van der Waals surface area contributed by atoms with Crippen molar-refractivity contribution in [2.75, 3.05) is 7.11 Å². The van der Waals surface area contributed by atoms with Crippen LogP contribution in [0.1, 0.15) is 18.5 Å². The van der Waals surface area contributed by atoms with Crippen LogP contribution >= 0.6 is 0 Å². The van der Waals surface area contributed by atoms with Crippen LogP contribution in [-0.2, 0) is 4.74 Å². The zero-order valence-corrected chi connectivity index (χ0v) is 16.9. The van der Waals surface area contributed by atoms with Gasteiger partial charge in [-0.2, -0.15) is 0 Å². The van der Waals surface area contributed by atoms with Crippen molar-refractivity contribution in [2.45, 2.75) is 37.0 Å². The summed E-state index contributed by atoms with van der Waals surface area (Å²) >= 11 is 0. The third-order valence-corrected chi connectivity index (χ3v) is 6.43. The van der Waals surface area contributed by atoms with Crippen molar-refractivity contribution in [1.29, 1.82) is 0 Å². The third-order valence-electron chi connectivity index (χ3n) is 6.43. The second-order valence-corrected chi connectivity index (χ2v) is 8.24. The van der Waals surface area contributed by atoms with Gasteiger partial charge in [-0.25, -0.2) is 8.78 Å². The van der Waals surface area contributed by atoms with E-state index in [1.165, 1.54) is 7.11 Å². The van der Waals surface area contributed by atoms with E-state index in [-0.39, 0.29) is 24.5 Å². The number of hydrogen-bond donors (Lipinski definition) is 2. The van der Waals surface area contributed by atoms with Gasteiger partial charge >= 0.3 is 0 Å². The van der Waals surface area contributed by atoms with Gasteiger partial charge in [0.25, 0.3) is 5.92 Å². The van der Waals surface area contributed by atoms with Crippen LogP contribution in [0, 0.1) is 5.92 Å². The standard InChI is InChI=1S/C23H22F2N4O2/c1-12(15-7-21-23(24,25)8-17(29-21)22(15)31-2)18-10-28-19(11-27-18)16-5-13-3-4-26-9-14(13)6-20(16)30/h3-6,9-11,15,17,21-22,29-30H,1,7-8H2,2H3/t15-,17?,21?,22-/m1/s1. The number of phenolic OH excluding ortho intramolecular Hbond substituents is 1. The third kappa shape index (κ3) is 3.36. The topological polar surface area (TPSA) is 80.2 Å². The zero-order valence-electron chi connectivity index (χ0n) is 16.9. The lowest BCUT2D eigenvalue weighted by molar-refractivity contribution is -0.0153. The Morgan fingerprint density at radius 3 is 2.81 bits per heavy atom. The Hall–Kier alpha value is -2.97. The molecule has 6 nitrogen and oxygen atoms in total. The summed E-state index contributed by atoms with van der Waals surface area (Å²) in [5.74, 6) is -2.95. The van der Waals surface area contributed by atoms with Crippen LogP contribution in [0.3, 0.4) is 0 Å². The molecule has 5 rings (SSSR count). The maximum absolute atomic E-state index is 14.2. The fourth-order valence-corrected chi connectivity index (χ4v) is 4.82. The normalized spacial score (nSPS) is 26.8. The maximum atomic E-state index is 14.2. The number of alkyl halides is 2. The molecular weight excluding hydrogens is 402 g/mol. The molecule has 2 aliphatic rings. The highest BCUT2D eigenvalue weighted by Gasteiger charge is 2.57. The molecular formula is C23H22F2N4O2. The minimum atomic E-state index is -2.75. The molecule has 2 unspecified atom stereocenters. The van der Waals surface area contributed by atoms with Crippen molar-refractivity contribution < 1.29 is 18.6 Å². The van der Waals surface area contributed by atoms with Crippen molar-refractivity contribution in [2.24, 2.45) is 5.92 Å². The van der Waals surface area contributed by atoms with E-state index < -0.39 is 24.1 Å². The van der Waals surface area contributed by atoms with E-state index in [2.05, 4.69) is 26.8 Å². The fraction of sp³-hybridized carbons (Fsp3) is 0.348. The van der Waals surface area contributed by atoms with Gasteiger partial charge in [-0.15, -0.1) is 0 Å². The number of pyridine rings is 1. The lowest BCUT2D eigenvalue weighted by Gasteiger charge is -2.37. The summed E-state index contributed by atoms with van der Waals surface area (Å²) in [5.41, 5.74) is 2.23. The first kappa shape index (κ1) is 20.0. The number of hydrogen-bond acceptors (Lipinski definition) is 6. The second-order valence-electron chi connectivity index (χ2n) is 8.24. The van der Waals surface area contributed by atoms with Gasteiger partial charge in [0.15, 0.2) is 0 Å². The van der Waals surface area contributed by atoms with Gasteiger partial charge in [-0.05, 0) is 35.6 Å². The molecule has 31 heavy (non-hydrogen) atoms. The van der Waals surface area contributed by atoms with Crippen LogP contribution < -0.4 is 5.32 Å². The molecule has 0 saturated carbocycles. The van der Waals surface area contributed by atoms with Crippen molar-refractivity contribution in [3.8, 4) is 17.0 Å². The molecule has 2 aromatic heterocycles. The molecule has 4 heterocycles. The highest BCUT2D eigenvalue weighted by Crippen LogP contribution is 2.45. The number of fused-ring (bicyclic) bond motifs is 3. The predicted octanol–water partition coefficient (Wildman–Crippen LogP) is 3.81. The van der Waals surface area contributed by atoms with Crippen molar-refractivity contribution in [3.05, 3.63) is 55.3 Å². The van der Waals surface area contributed by atoms with E-state index in [0.29, 0.717) is 22.5 Å². The van der Waals surface area contributed by atoms with Crippen LogP contribution in [0.25, 0.3) is 27.6 Å². The van der Waals surface area contributed by atoms with Gasteiger partial charge in [0.2, 0.25) is 0 Å². The largest absolute Gasteiger partial charge is 0.507 e. The molecule has 0 amide bonds. The van der Waals surface area contributed by atoms with Crippen LogP contribution in [-0.4, -0.2) is 51.3 Å². The molecule has 2 bridgehead atoms. The molecule has 2 aliphatic heterocycles. The summed E-state index contributed by atoms with van der Waals surface area (Å²) in [6, 6.07) is 4.02. The fourth-order valence-electron chi connectivity index (χ4n) is 4.82. The minimum Gasteiger partial charge on any atom is -0.507 e. The van der Waals surface area contributed by atoms with Gasteiger partial charge in [0.05, 0.1) is 35.9 Å². The molecule has 0 aliphatic carbocycles. The molecule has 0 radical (unpaired) electrons. The molecule has 3 aromatic rings. The number of nitrogens with one attached hydrogen (secondary N) is 1. The Labute approximate surface area is 178 Å². The van der Waals surface area contributed by atoms with Crippen LogP contribution in [0.4, 0.5) is 8.78 Å². The number of halogens is 2. The van der Waals surface area contributed by atoms with E-state index >= 15 is 0 Å². The van der Waals surface area contributed by atoms with Crippen molar-refractivity contribution >= 4 is 16.3 Å². The van der Waals surface area contributed by atoms with Gasteiger partial charge in [0.1, 0.15) is 5.75 Å². The molecule has 160 valence electrons. The number of aromatic hydroxyl groups is 1. The first-order valence-corrected chi connectivity index (χ1v) is 10.1. The monoisotopic (exact) mass is 424 g/mol. The first-order chi connectivity index (χ1) is 14.9. The Bertz CT molecular complexity index is 1150. The first-order valence-electron chi connectivity index (χ1n) is 10.1. The smallest absolute Gasteiger partial charge is 0.264 e. The molecule has 2 saturated heterocycles. The maximum Gasteiger partial charge on any atom is 0.264 e. The van der Waals surface area contributed by atoms with Gasteiger partial charge < -0.3 is 15.2 Å². The zero-order chi connectivity index (χ0) is 21.8. The number of benzene rings is 1. The van der Waals surface area contributed by atoms with Crippen molar-refractivity contribution in [3.63, 3.8) is 0 Å². The molecule has 2 fully saturated rings. The summed E-state index contributed by atoms with van der Waals surface area (Å²) in [5, 5.41) is 15.1. The number of piperidine rings is 1. The summed E-state index contributed by atoms with van der Waals surface area (Å²) < 4.78 is 34.0.